The largest absolute Gasteiger partial charge is 0.468 e. The number of carbonyl (C=O) groups excluding carboxylic acids is 1. The Balaban J connectivity index is 2.07. The third-order valence-corrected chi connectivity index (χ3v) is 3.29. The standard InChI is InChI=1S/C13H22N4O3/c1-10(2)6-17-12(14-9-15-17)7-16-4-5-20-8-11(16)13(18)19-3/h9-11H,4-8H2,1-3H3. The maximum Gasteiger partial charge on any atom is 0.325 e. The molecule has 0 bridgehead atoms. The third kappa shape index (κ3) is 3.55. The second-order valence-electron chi connectivity index (χ2n) is 5.34. The number of esters is 1. The fourth-order valence-corrected chi connectivity index (χ4v) is 2.27. The van der Waals surface area contributed by atoms with Crippen LogP contribution in [0.25, 0.3) is 0 Å². The average molecular weight is 282 g/mol. The fraction of sp³-hybridized carbons (Fsp3) is 0.769. The molecular weight excluding hydrogens is 260 g/mol. The molecular formula is C13H22N4O3. The van der Waals surface area contributed by atoms with E-state index in [1.807, 2.05) is 9.58 Å². The molecule has 2 heterocycles. The van der Waals surface area contributed by atoms with Gasteiger partial charge in [0.1, 0.15) is 18.2 Å². The van der Waals surface area contributed by atoms with Crippen molar-refractivity contribution in [1.29, 1.82) is 0 Å². The minimum atomic E-state index is -0.363. The Morgan fingerprint density at radius 1 is 1.60 bits per heavy atom. The molecule has 2 rings (SSSR count). The smallest absolute Gasteiger partial charge is 0.325 e. The molecule has 0 saturated carbocycles. The minimum Gasteiger partial charge on any atom is -0.468 e. The second kappa shape index (κ2) is 6.81. The second-order valence-corrected chi connectivity index (χ2v) is 5.34. The van der Waals surface area contributed by atoms with E-state index in [1.165, 1.54) is 7.11 Å². The van der Waals surface area contributed by atoms with E-state index in [0.29, 0.717) is 32.2 Å². The molecule has 1 aromatic heterocycles. The van der Waals surface area contributed by atoms with Gasteiger partial charge in [-0.3, -0.25) is 9.69 Å². The van der Waals surface area contributed by atoms with Crippen molar-refractivity contribution in [1.82, 2.24) is 19.7 Å². The van der Waals surface area contributed by atoms with E-state index in [4.69, 9.17) is 9.47 Å². The molecule has 1 fully saturated rings. The summed E-state index contributed by atoms with van der Waals surface area (Å²) in [6.07, 6.45) is 1.56. The quantitative estimate of drug-likeness (QED) is 0.724. The van der Waals surface area contributed by atoms with E-state index in [9.17, 15) is 4.79 Å². The van der Waals surface area contributed by atoms with Gasteiger partial charge in [0.15, 0.2) is 0 Å². The van der Waals surface area contributed by atoms with Crippen LogP contribution in [0.3, 0.4) is 0 Å². The van der Waals surface area contributed by atoms with Crippen molar-refractivity contribution in [3.63, 3.8) is 0 Å². The van der Waals surface area contributed by atoms with Gasteiger partial charge in [-0.15, -0.1) is 0 Å². The maximum absolute atomic E-state index is 11.8. The van der Waals surface area contributed by atoms with Crippen LogP contribution in [0.5, 0.6) is 0 Å². The topological polar surface area (TPSA) is 69.5 Å². The lowest BCUT2D eigenvalue weighted by atomic mass is 10.2. The van der Waals surface area contributed by atoms with Gasteiger partial charge in [0.25, 0.3) is 0 Å². The molecule has 0 amide bonds. The zero-order valence-electron chi connectivity index (χ0n) is 12.3. The van der Waals surface area contributed by atoms with E-state index in [-0.39, 0.29) is 12.0 Å². The highest BCUT2D eigenvalue weighted by atomic mass is 16.5. The van der Waals surface area contributed by atoms with Crippen LogP contribution in [-0.4, -0.2) is 58.5 Å². The Morgan fingerprint density at radius 2 is 2.40 bits per heavy atom. The van der Waals surface area contributed by atoms with Crippen LogP contribution in [0.4, 0.5) is 0 Å². The highest BCUT2D eigenvalue weighted by Gasteiger charge is 2.31. The number of aromatic nitrogens is 3. The predicted octanol–water partition coefficient (Wildman–Crippen LogP) is 0.308. The predicted molar refractivity (Wildman–Crippen MR) is 71.9 cm³/mol. The van der Waals surface area contributed by atoms with E-state index >= 15 is 0 Å². The molecule has 7 heteroatoms. The SMILES string of the molecule is COC(=O)C1COCCN1Cc1ncnn1CC(C)C. The molecule has 1 aliphatic heterocycles. The van der Waals surface area contributed by atoms with Gasteiger partial charge in [-0.25, -0.2) is 9.67 Å². The van der Waals surface area contributed by atoms with Crippen molar-refractivity contribution in [2.24, 2.45) is 5.92 Å². The Hall–Kier alpha value is -1.47. The van der Waals surface area contributed by atoms with Crippen LogP contribution in [0.1, 0.15) is 19.7 Å². The Kier molecular flexibility index (Phi) is 5.08. The third-order valence-electron chi connectivity index (χ3n) is 3.29. The zero-order chi connectivity index (χ0) is 14.5. The first-order valence-corrected chi connectivity index (χ1v) is 6.88. The summed E-state index contributed by atoms with van der Waals surface area (Å²) < 4.78 is 12.1. The molecule has 0 N–H and O–H groups in total. The van der Waals surface area contributed by atoms with Crippen LogP contribution in [0.2, 0.25) is 0 Å². The van der Waals surface area contributed by atoms with Crippen molar-refractivity contribution in [3.05, 3.63) is 12.2 Å². The number of rotatable bonds is 5. The Bertz CT molecular complexity index is 447. The molecule has 0 aliphatic carbocycles. The maximum atomic E-state index is 11.8. The van der Waals surface area contributed by atoms with Gasteiger partial charge in [0, 0.05) is 13.1 Å². The van der Waals surface area contributed by atoms with Crippen molar-refractivity contribution in [3.8, 4) is 0 Å². The highest BCUT2D eigenvalue weighted by molar-refractivity contribution is 5.75. The summed E-state index contributed by atoms with van der Waals surface area (Å²) in [6, 6.07) is -0.363. The summed E-state index contributed by atoms with van der Waals surface area (Å²) in [5, 5.41) is 4.24. The van der Waals surface area contributed by atoms with Crippen molar-refractivity contribution < 1.29 is 14.3 Å². The molecule has 1 saturated heterocycles. The van der Waals surface area contributed by atoms with E-state index in [1.54, 1.807) is 6.33 Å². The molecule has 0 aromatic carbocycles. The van der Waals surface area contributed by atoms with Crippen molar-refractivity contribution in [2.75, 3.05) is 26.9 Å². The number of hydrogen-bond donors (Lipinski definition) is 0. The van der Waals surface area contributed by atoms with E-state index < -0.39 is 0 Å². The van der Waals surface area contributed by atoms with Gasteiger partial charge in [-0.2, -0.15) is 5.10 Å². The van der Waals surface area contributed by atoms with Gasteiger partial charge in [0.05, 0.1) is 26.9 Å². The average Bonchev–Trinajstić information content (AvgIpc) is 2.85. The Morgan fingerprint density at radius 3 is 3.10 bits per heavy atom. The molecule has 7 nitrogen and oxygen atoms in total. The molecule has 20 heavy (non-hydrogen) atoms. The normalized spacial score (nSPS) is 20.3. The minimum absolute atomic E-state index is 0.264. The number of ether oxygens (including phenoxy) is 2. The number of methoxy groups -OCH3 is 1. The number of morpholine rings is 1. The van der Waals surface area contributed by atoms with E-state index in [2.05, 4.69) is 23.9 Å². The molecule has 112 valence electrons. The van der Waals surface area contributed by atoms with E-state index in [0.717, 1.165) is 12.4 Å². The summed E-state index contributed by atoms with van der Waals surface area (Å²) in [5.74, 6) is 1.10. The van der Waals surface area contributed by atoms with Gasteiger partial charge in [0.2, 0.25) is 0 Å². The van der Waals surface area contributed by atoms with Gasteiger partial charge in [-0.1, -0.05) is 13.8 Å². The molecule has 0 spiro atoms. The Labute approximate surface area is 118 Å². The molecule has 1 unspecified atom stereocenters. The van der Waals surface area contributed by atoms with Gasteiger partial charge < -0.3 is 9.47 Å². The van der Waals surface area contributed by atoms with Crippen LogP contribution >= 0.6 is 0 Å². The zero-order valence-corrected chi connectivity index (χ0v) is 12.3. The lowest BCUT2D eigenvalue weighted by Gasteiger charge is -2.33. The first-order valence-electron chi connectivity index (χ1n) is 6.88. The molecule has 1 atom stereocenters. The van der Waals surface area contributed by atoms with Crippen LogP contribution < -0.4 is 0 Å². The summed E-state index contributed by atoms with van der Waals surface area (Å²) in [7, 11) is 1.40. The lowest BCUT2D eigenvalue weighted by molar-refractivity contribution is -0.153. The first kappa shape index (κ1) is 14.9. The van der Waals surface area contributed by atoms with Crippen LogP contribution in [0, 0.1) is 5.92 Å². The first-order chi connectivity index (χ1) is 9.61. The van der Waals surface area contributed by atoms with Crippen molar-refractivity contribution in [2.45, 2.75) is 33.0 Å². The molecule has 1 aliphatic rings. The highest BCUT2D eigenvalue weighted by Crippen LogP contribution is 2.13. The van der Waals surface area contributed by atoms with Crippen molar-refractivity contribution >= 4 is 5.97 Å². The monoisotopic (exact) mass is 282 g/mol. The summed E-state index contributed by atoms with van der Waals surface area (Å²) in [4.78, 5) is 18.1. The molecule has 0 radical (unpaired) electrons. The summed E-state index contributed by atoms with van der Waals surface area (Å²) >= 11 is 0. The number of nitrogens with zero attached hydrogens (tertiary/aromatic N) is 4. The van der Waals surface area contributed by atoms with Crippen LogP contribution in [-0.2, 0) is 27.4 Å². The number of carbonyl (C=O) groups is 1. The van der Waals surface area contributed by atoms with Crippen LogP contribution in [0.15, 0.2) is 6.33 Å². The number of hydrogen-bond acceptors (Lipinski definition) is 6. The summed E-state index contributed by atoms with van der Waals surface area (Å²) in [5.41, 5.74) is 0. The van der Waals surface area contributed by atoms with Gasteiger partial charge >= 0.3 is 5.97 Å². The summed E-state index contributed by atoms with van der Waals surface area (Å²) in [6.45, 7) is 7.35. The lowest BCUT2D eigenvalue weighted by Crippen LogP contribution is -2.50. The van der Waals surface area contributed by atoms with Gasteiger partial charge in [-0.05, 0) is 5.92 Å². The fourth-order valence-electron chi connectivity index (χ4n) is 2.27. The molecule has 1 aromatic rings.